The Kier molecular flexibility index (Phi) is 11.8. The van der Waals surface area contributed by atoms with E-state index >= 15 is 0 Å². The minimum Gasteiger partial charge on any atom is -0.652 e. The van der Waals surface area contributed by atoms with Crippen LogP contribution in [0.15, 0.2) is 181 Å². The SMILES string of the molecule is CC(C)(C)c1cc(N2[CH-]N(c3c(-c4ccccc4)cccc3-c3ccccc3)N=C2c2ccccc2)cc(C(C)(C)C)c1.[Au].c1ccc2c(c1)[N-]c1ccccc1O2. The molecule has 0 N–H and O–H groups in total. The van der Waals surface area contributed by atoms with Crippen molar-refractivity contribution in [3.05, 3.63) is 205 Å². The van der Waals surface area contributed by atoms with Crippen molar-refractivity contribution in [1.82, 2.24) is 0 Å². The second-order valence-corrected chi connectivity index (χ2v) is 16.5. The molecule has 58 heavy (non-hydrogen) atoms. The Morgan fingerprint density at radius 2 is 0.931 bits per heavy atom. The fourth-order valence-corrected chi connectivity index (χ4v) is 7.05. The van der Waals surface area contributed by atoms with E-state index in [1.54, 1.807) is 0 Å². The van der Waals surface area contributed by atoms with Crippen LogP contribution >= 0.6 is 0 Å². The van der Waals surface area contributed by atoms with Crippen LogP contribution in [0.2, 0.25) is 0 Å². The number of fused-ring (bicyclic) bond motifs is 2. The first-order valence-corrected chi connectivity index (χ1v) is 19.6. The first-order chi connectivity index (χ1) is 27.5. The summed E-state index contributed by atoms with van der Waals surface area (Å²) in [5.41, 5.74) is 12.2. The maximum absolute atomic E-state index is 5.68. The van der Waals surface area contributed by atoms with Crippen molar-refractivity contribution in [2.75, 3.05) is 9.91 Å². The van der Waals surface area contributed by atoms with Gasteiger partial charge in [-0.2, -0.15) is 5.10 Å². The summed E-state index contributed by atoms with van der Waals surface area (Å²) < 4.78 is 5.68. The van der Waals surface area contributed by atoms with E-state index < -0.39 is 0 Å². The summed E-state index contributed by atoms with van der Waals surface area (Å²) in [6.45, 7) is 15.9. The summed E-state index contributed by atoms with van der Waals surface area (Å²) in [5.74, 6) is 2.55. The standard InChI is InChI=1S/C40H40N3.C12H8NO.Au/c1-39(2,3)32-25-33(40(4,5)6)27-34(26-32)42-28-43(41-38(42)31-21-14-9-15-22-31)37-35(29-17-10-7-11-18-29)23-16-24-36(37)30-19-12-8-13-20-30;1-3-7-11-9(5-1)13-10-6-2-4-8-12(10)14-11;/h7-28H,1-6H3;1-8H;/q2*-1;. The molecule has 9 rings (SSSR count). The minimum absolute atomic E-state index is 0. The van der Waals surface area contributed by atoms with Crippen LogP contribution in [0.1, 0.15) is 58.2 Å². The fourth-order valence-electron chi connectivity index (χ4n) is 7.05. The molecular formula is C52H48AuN4O-2. The van der Waals surface area contributed by atoms with Gasteiger partial charge in [0.05, 0.1) is 0 Å². The van der Waals surface area contributed by atoms with Gasteiger partial charge in [-0.25, -0.2) is 0 Å². The maximum Gasteiger partial charge on any atom is 0.129 e. The number of rotatable bonds is 5. The van der Waals surface area contributed by atoms with Gasteiger partial charge in [0.2, 0.25) is 0 Å². The van der Waals surface area contributed by atoms with Crippen molar-refractivity contribution in [1.29, 1.82) is 0 Å². The molecule has 2 aliphatic rings. The molecule has 0 saturated carbocycles. The summed E-state index contributed by atoms with van der Waals surface area (Å²) in [5, 5.41) is 11.9. The Morgan fingerprint density at radius 3 is 1.40 bits per heavy atom. The minimum atomic E-state index is -0.000137. The van der Waals surface area contributed by atoms with Gasteiger partial charge >= 0.3 is 0 Å². The number of ether oxygens (including phenoxy) is 1. The zero-order valence-corrected chi connectivity index (χ0v) is 36.0. The Labute approximate surface area is 359 Å². The quantitative estimate of drug-likeness (QED) is 0.128. The zero-order valence-electron chi connectivity index (χ0n) is 33.8. The fraction of sp³-hybridized carbons (Fsp3) is 0.154. The van der Waals surface area contributed by atoms with Gasteiger partial charge in [-0.05, 0) is 57.3 Å². The van der Waals surface area contributed by atoms with Gasteiger partial charge in [0, 0.05) is 50.4 Å². The van der Waals surface area contributed by atoms with E-state index in [9.17, 15) is 0 Å². The Hall–Kier alpha value is -5.85. The number of hydrazone groups is 1. The first kappa shape index (κ1) is 40.4. The van der Waals surface area contributed by atoms with Crippen LogP contribution in [-0.4, -0.2) is 5.84 Å². The van der Waals surface area contributed by atoms with E-state index in [0.717, 1.165) is 67.9 Å². The second kappa shape index (κ2) is 16.9. The number of benzene rings is 7. The van der Waals surface area contributed by atoms with Crippen molar-refractivity contribution in [2.45, 2.75) is 52.4 Å². The first-order valence-electron chi connectivity index (χ1n) is 19.6. The predicted octanol–water partition coefficient (Wildman–Crippen LogP) is 14.5. The third-order valence-corrected chi connectivity index (χ3v) is 10.2. The molecule has 0 bridgehead atoms. The smallest absolute Gasteiger partial charge is 0.129 e. The normalized spacial score (nSPS) is 13.1. The number of hydrogen-bond acceptors (Lipinski definition) is 4. The molecule has 2 aliphatic heterocycles. The average molecular weight is 942 g/mol. The van der Waals surface area contributed by atoms with E-state index in [1.807, 2.05) is 48.5 Å². The van der Waals surface area contributed by atoms with E-state index in [2.05, 4.69) is 191 Å². The van der Waals surface area contributed by atoms with Gasteiger partial charge in [0.1, 0.15) is 17.3 Å². The van der Waals surface area contributed by atoms with E-state index in [0.29, 0.717) is 0 Å². The average Bonchev–Trinajstić information content (AvgIpc) is 3.68. The zero-order chi connectivity index (χ0) is 39.6. The summed E-state index contributed by atoms with van der Waals surface area (Å²) in [6.07, 6.45) is 0. The Bertz CT molecular complexity index is 2340. The molecule has 2 heterocycles. The molecule has 0 aromatic heterocycles. The number of hydrogen-bond donors (Lipinski definition) is 0. The molecule has 7 aromatic carbocycles. The van der Waals surface area contributed by atoms with Gasteiger partial charge < -0.3 is 20.0 Å². The molecule has 0 aliphatic carbocycles. The van der Waals surface area contributed by atoms with Gasteiger partial charge in [-0.1, -0.05) is 205 Å². The molecule has 0 saturated heterocycles. The largest absolute Gasteiger partial charge is 0.652 e. The molecule has 6 heteroatoms. The van der Waals surface area contributed by atoms with E-state index in [4.69, 9.17) is 9.84 Å². The molecule has 0 amide bonds. The number of amidine groups is 1. The molecule has 5 nitrogen and oxygen atoms in total. The van der Waals surface area contributed by atoms with Crippen LogP contribution < -0.4 is 14.6 Å². The summed E-state index contributed by atoms with van der Waals surface area (Å²) >= 11 is 0. The van der Waals surface area contributed by atoms with Crippen LogP contribution in [0.4, 0.5) is 22.7 Å². The van der Waals surface area contributed by atoms with E-state index in [-0.39, 0.29) is 33.2 Å². The summed E-state index contributed by atoms with van der Waals surface area (Å²) in [6, 6.07) is 60.8. The predicted molar refractivity (Wildman–Crippen MR) is 239 cm³/mol. The molecule has 7 aromatic rings. The Balaban J connectivity index is 0.000000285. The molecule has 295 valence electrons. The monoisotopic (exact) mass is 941 g/mol. The number of nitrogens with zero attached hydrogens (tertiary/aromatic N) is 4. The van der Waals surface area contributed by atoms with Crippen molar-refractivity contribution in [3.63, 3.8) is 0 Å². The maximum atomic E-state index is 5.68. The van der Waals surface area contributed by atoms with Crippen LogP contribution in [0.25, 0.3) is 27.6 Å². The van der Waals surface area contributed by atoms with Gasteiger partial charge in [0.15, 0.2) is 0 Å². The summed E-state index contributed by atoms with van der Waals surface area (Å²) in [7, 11) is 0. The van der Waals surface area contributed by atoms with Crippen molar-refractivity contribution in [2.24, 2.45) is 5.10 Å². The molecule has 0 spiro atoms. The van der Waals surface area contributed by atoms with Crippen LogP contribution in [0, 0.1) is 6.67 Å². The van der Waals surface area contributed by atoms with Gasteiger partial charge in [0.25, 0.3) is 0 Å². The number of para-hydroxylation sites is 5. The summed E-state index contributed by atoms with van der Waals surface area (Å²) in [4.78, 5) is 2.26. The van der Waals surface area contributed by atoms with Crippen LogP contribution in [0.5, 0.6) is 11.5 Å². The van der Waals surface area contributed by atoms with Gasteiger partial charge in [-0.15, -0.1) is 6.67 Å². The topological polar surface area (TPSA) is 42.2 Å². The van der Waals surface area contributed by atoms with Gasteiger partial charge in [-0.3, -0.25) is 0 Å². The third-order valence-electron chi connectivity index (χ3n) is 10.2. The third kappa shape index (κ3) is 8.68. The van der Waals surface area contributed by atoms with Crippen molar-refractivity contribution in [3.8, 4) is 33.8 Å². The van der Waals surface area contributed by atoms with E-state index in [1.165, 1.54) is 11.1 Å². The number of anilines is 2. The van der Waals surface area contributed by atoms with Crippen molar-refractivity contribution < 1.29 is 27.1 Å². The van der Waals surface area contributed by atoms with Crippen molar-refractivity contribution >= 4 is 28.6 Å². The van der Waals surface area contributed by atoms with Crippen LogP contribution in [0.3, 0.4) is 0 Å². The van der Waals surface area contributed by atoms with Crippen LogP contribution in [-0.2, 0) is 33.2 Å². The molecule has 0 fully saturated rings. The molecule has 0 unspecified atom stereocenters. The molecular weight excluding hydrogens is 894 g/mol. The molecule has 0 atom stereocenters. The Morgan fingerprint density at radius 1 is 0.500 bits per heavy atom. The molecule has 1 radical (unpaired) electrons. The second-order valence-electron chi connectivity index (χ2n) is 16.5.